The number of hydrogen-bond acceptors (Lipinski definition) is 4. The number of ether oxygens (including phenoxy) is 1. The first-order valence-electron chi connectivity index (χ1n) is 7.26. The summed E-state index contributed by atoms with van der Waals surface area (Å²) >= 11 is 5.26. The number of anilines is 1. The van der Waals surface area contributed by atoms with E-state index in [1.54, 1.807) is 11.3 Å². The van der Waals surface area contributed by atoms with Gasteiger partial charge < -0.3 is 9.64 Å². The van der Waals surface area contributed by atoms with Crippen LogP contribution in [0, 0.1) is 0 Å². The van der Waals surface area contributed by atoms with Crippen molar-refractivity contribution in [1.29, 1.82) is 0 Å². The number of morpholine rings is 1. The van der Waals surface area contributed by atoms with Gasteiger partial charge in [-0.1, -0.05) is 22.0 Å². The first-order chi connectivity index (χ1) is 10.8. The third-order valence-corrected chi connectivity index (χ3v) is 5.35. The number of aromatic nitrogens is 1. The number of halogens is 1. The molecule has 4 rings (SSSR count). The van der Waals surface area contributed by atoms with Crippen LogP contribution < -0.4 is 4.90 Å². The summed E-state index contributed by atoms with van der Waals surface area (Å²) in [7, 11) is 0. The van der Waals surface area contributed by atoms with Crippen LogP contribution in [0.1, 0.15) is 11.0 Å². The summed E-state index contributed by atoms with van der Waals surface area (Å²) in [4.78, 5) is 8.41. The highest BCUT2D eigenvalue weighted by atomic mass is 79.9. The summed E-state index contributed by atoms with van der Waals surface area (Å²) in [6.07, 6.45) is 0.149. The van der Waals surface area contributed by atoms with Gasteiger partial charge in [0.1, 0.15) is 11.9 Å². The zero-order chi connectivity index (χ0) is 14.9. The third kappa shape index (κ3) is 2.76. The molecule has 1 atom stereocenters. The minimum atomic E-state index is 0.149. The quantitative estimate of drug-likeness (QED) is 0.653. The first kappa shape index (κ1) is 14.2. The fraction of sp³-hybridized carbons (Fsp3) is 0.235. The van der Waals surface area contributed by atoms with Crippen molar-refractivity contribution in [3.05, 3.63) is 57.2 Å². The Kier molecular flexibility index (Phi) is 3.86. The number of hydrogen-bond donors (Lipinski definition) is 0. The molecule has 0 saturated carbocycles. The molecule has 1 saturated heterocycles. The Labute approximate surface area is 141 Å². The predicted molar refractivity (Wildman–Crippen MR) is 94.7 cm³/mol. The molecule has 5 heteroatoms. The number of thiophene rings is 1. The first-order valence-corrected chi connectivity index (χ1v) is 8.93. The van der Waals surface area contributed by atoms with Crippen LogP contribution in [0.3, 0.4) is 0 Å². The molecular formula is C17H15BrN2OS. The fourth-order valence-corrected chi connectivity index (χ4v) is 3.91. The van der Waals surface area contributed by atoms with Crippen molar-refractivity contribution < 1.29 is 4.74 Å². The average Bonchev–Trinajstić information content (AvgIpc) is 3.09. The van der Waals surface area contributed by atoms with Crippen LogP contribution in [0.5, 0.6) is 0 Å². The van der Waals surface area contributed by atoms with Gasteiger partial charge in [-0.15, -0.1) is 11.3 Å². The molecule has 0 N–H and O–H groups in total. The molecule has 1 fully saturated rings. The second-order valence-electron chi connectivity index (χ2n) is 5.33. The lowest BCUT2D eigenvalue weighted by atomic mass is 10.2. The number of rotatable bonds is 2. The molecule has 3 nitrogen and oxygen atoms in total. The van der Waals surface area contributed by atoms with Crippen LogP contribution in [0.15, 0.2) is 52.3 Å². The van der Waals surface area contributed by atoms with Gasteiger partial charge in [-0.25, -0.2) is 4.98 Å². The van der Waals surface area contributed by atoms with Crippen LogP contribution in [0.2, 0.25) is 0 Å². The van der Waals surface area contributed by atoms with Crippen LogP contribution in [0.4, 0.5) is 5.82 Å². The molecular weight excluding hydrogens is 360 g/mol. The van der Waals surface area contributed by atoms with Crippen molar-refractivity contribution in [2.24, 2.45) is 0 Å². The largest absolute Gasteiger partial charge is 0.369 e. The maximum absolute atomic E-state index is 5.91. The molecule has 3 heterocycles. The minimum Gasteiger partial charge on any atom is -0.369 e. The van der Waals surface area contributed by atoms with E-state index in [1.807, 2.05) is 6.07 Å². The molecule has 1 aliphatic heterocycles. The van der Waals surface area contributed by atoms with Gasteiger partial charge in [-0.2, -0.15) is 0 Å². The van der Waals surface area contributed by atoms with Crippen molar-refractivity contribution in [3.8, 4) is 0 Å². The summed E-state index contributed by atoms with van der Waals surface area (Å²) in [5.74, 6) is 1.03. The Bertz CT molecular complexity index is 790. The SMILES string of the molecule is Brc1ccc2nc(N3CCOC(c4cccs4)C3)ccc2c1. The molecule has 1 aliphatic rings. The lowest BCUT2D eigenvalue weighted by Crippen LogP contribution is -2.38. The lowest BCUT2D eigenvalue weighted by molar-refractivity contribution is 0.0419. The Morgan fingerprint density at radius 2 is 2.18 bits per heavy atom. The number of nitrogens with zero attached hydrogens (tertiary/aromatic N) is 2. The molecule has 0 aliphatic carbocycles. The van der Waals surface area contributed by atoms with E-state index < -0.39 is 0 Å². The second-order valence-corrected chi connectivity index (χ2v) is 7.22. The second kappa shape index (κ2) is 5.99. The lowest BCUT2D eigenvalue weighted by Gasteiger charge is -2.33. The van der Waals surface area contributed by atoms with Crippen LogP contribution in [-0.2, 0) is 4.74 Å². The van der Waals surface area contributed by atoms with E-state index in [2.05, 4.69) is 62.6 Å². The molecule has 0 bridgehead atoms. The highest BCUT2D eigenvalue weighted by Gasteiger charge is 2.23. The van der Waals surface area contributed by atoms with Crippen molar-refractivity contribution in [1.82, 2.24) is 4.98 Å². The number of pyridine rings is 1. The smallest absolute Gasteiger partial charge is 0.129 e. The van der Waals surface area contributed by atoms with Crippen molar-refractivity contribution in [2.75, 3.05) is 24.6 Å². The minimum absolute atomic E-state index is 0.149. The van der Waals surface area contributed by atoms with Gasteiger partial charge in [0.15, 0.2) is 0 Å². The summed E-state index contributed by atoms with van der Waals surface area (Å²) < 4.78 is 6.99. The van der Waals surface area contributed by atoms with Crippen LogP contribution in [-0.4, -0.2) is 24.7 Å². The van der Waals surface area contributed by atoms with Gasteiger partial charge in [0.05, 0.1) is 18.7 Å². The number of fused-ring (bicyclic) bond motifs is 1. The molecule has 0 radical (unpaired) electrons. The normalized spacial score (nSPS) is 18.8. The standard InChI is InChI=1S/C17H15BrN2OS/c18-13-4-5-14-12(10-13)3-6-17(19-14)20-7-8-21-15(11-20)16-2-1-9-22-16/h1-6,9-10,15H,7-8,11H2. The average molecular weight is 375 g/mol. The Morgan fingerprint density at radius 3 is 3.05 bits per heavy atom. The van der Waals surface area contributed by atoms with E-state index in [9.17, 15) is 0 Å². The van der Waals surface area contributed by atoms with Gasteiger partial charge in [-0.05, 0) is 41.8 Å². The van der Waals surface area contributed by atoms with E-state index in [0.29, 0.717) is 0 Å². The van der Waals surface area contributed by atoms with Gasteiger partial charge in [0, 0.05) is 21.3 Å². The van der Waals surface area contributed by atoms with Gasteiger partial charge in [-0.3, -0.25) is 0 Å². The monoisotopic (exact) mass is 374 g/mol. The number of benzene rings is 1. The Balaban J connectivity index is 1.62. The summed E-state index contributed by atoms with van der Waals surface area (Å²) in [6, 6.07) is 14.6. The van der Waals surface area contributed by atoms with Crippen molar-refractivity contribution >= 4 is 44.0 Å². The highest BCUT2D eigenvalue weighted by molar-refractivity contribution is 9.10. The Hall–Kier alpha value is -1.43. The van der Waals surface area contributed by atoms with E-state index in [1.165, 1.54) is 4.88 Å². The van der Waals surface area contributed by atoms with Crippen LogP contribution in [0.25, 0.3) is 10.9 Å². The van der Waals surface area contributed by atoms with Crippen molar-refractivity contribution in [3.63, 3.8) is 0 Å². The highest BCUT2D eigenvalue weighted by Crippen LogP contribution is 2.29. The van der Waals surface area contributed by atoms with Gasteiger partial charge >= 0.3 is 0 Å². The predicted octanol–water partition coefficient (Wildman–Crippen LogP) is 4.64. The zero-order valence-electron chi connectivity index (χ0n) is 11.9. The third-order valence-electron chi connectivity index (χ3n) is 3.89. The zero-order valence-corrected chi connectivity index (χ0v) is 14.3. The van der Waals surface area contributed by atoms with E-state index >= 15 is 0 Å². The topological polar surface area (TPSA) is 25.4 Å². The van der Waals surface area contributed by atoms with Gasteiger partial charge in [0.25, 0.3) is 0 Å². The summed E-state index contributed by atoms with van der Waals surface area (Å²) in [5, 5.41) is 3.25. The molecule has 0 amide bonds. The van der Waals surface area contributed by atoms with Gasteiger partial charge in [0.2, 0.25) is 0 Å². The van der Waals surface area contributed by atoms with E-state index in [-0.39, 0.29) is 6.10 Å². The fourth-order valence-electron chi connectivity index (χ4n) is 2.77. The molecule has 112 valence electrons. The van der Waals surface area contributed by atoms with E-state index in [4.69, 9.17) is 9.72 Å². The maximum atomic E-state index is 5.91. The molecule has 0 spiro atoms. The summed E-state index contributed by atoms with van der Waals surface area (Å²) in [6.45, 7) is 2.48. The molecule has 3 aromatic rings. The Morgan fingerprint density at radius 1 is 1.23 bits per heavy atom. The molecule has 1 unspecified atom stereocenters. The van der Waals surface area contributed by atoms with Crippen LogP contribution >= 0.6 is 27.3 Å². The molecule has 1 aromatic carbocycles. The maximum Gasteiger partial charge on any atom is 0.129 e. The molecule has 2 aromatic heterocycles. The van der Waals surface area contributed by atoms with E-state index in [0.717, 1.165) is 40.9 Å². The summed E-state index contributed by atoms with van der Waals surface area (Å²) in [5.41, 5.74) is 1.03. The van der Waals surface area contributed by atoms with Crippen molar-refractivity contribution in [2.45, 2.75) is 6.10 Å². The molecule has 22 heavy (non-hydrogen) atoms.